The van der Waals surface area contributed by atoms with Gasteiger partial charge >= 0.3 is 0 Å². The third-order valence-corrected chi connectivity index (χ3v) is 5.68. The van der Waals surface area contributed by atoms with E-state index < -0.39 is 0 Å². The van der Waals surface area contributed by atoms with Crippen LogP contribution in [0.5, 0.6) is 0 Å². The first-order valence-corrected chi connectivity index (χ1v) is 10.1. The number of carbonyl (C=O) groups excluding carboxylic acids is 2. The molecule has 1 unspecified atom stereocenters. The number of nitrogens with zero attached hydrogens (tertiary/aromatic N) is 1. The van der Waals surface area contributed by atoms with E-state index in [2.05, 4.69) is 26.1 Å². The molecule has 0 aliphatic carbocycles. The van der Waals surface area contributed by atoms with Crippen LogP contribution in [0.2, 0.25) is 0 Å². The van der Waals surface area contributed by atoms with Crippen LogP contribution in [0.3, 0.4) is 0 Å². The van der Waals surface area contributed by atoms with E-state index >= 15 is 0 Å². The van der Waals surface area contributed by atoms with Crippen molar-refractivity contribution in [2.45, 2.75) is 58.0 Å². The minimum atomic E-state index is -0.00119. The van der Waals surface area contributed by atoms with Gasteiger partial charge in [-0.25, -0.2) is 0 Å². The lowest BCUT2D eigenvalue weighted by Crippen LogP contribution is -2.44. The highest BCUT2D eigenvalue weighted by Crippen LogP contribution is 2.24. The zero-order chi connectivity index (χ0) is 19.4. The van der Waals surface area contributed by atoms with Crippen LogP contribution in [0.1, 0.15) is 62.4 Å². The van der Waals surface area contributed by atoms with E-state index in [4.69, 9.17) is 4.74 Å². The van der Waals surface area contributed by atoms with E-state index in [0.29, 0.717) is 19.6 Å². The lowest BCUT2D eigenvalue weighted by molar-refractivity contribution is -0.126. The predicted octanol–water partition coefficient (Wildman–Crippen LogP) is 3.13. The van der Waals surface area contributed by atoms with Gasteiger partial charge in [0.15, 0.2) is 0 Å². The fraction of sp³-hybridized carbons (Fsp3) is 0.636. The van der Waals surface area contributed by atoms with Crippen LogP contribution in [0.4, 0.5) is 0 Å². The van der Waals surface area contributed by atoms with E-state index in [1.165, 1.54) is 5.56 Å². The van der Waals surface area contributed by atoms with Gasteiger partial charge < -0.3 is 15.0 Å². The van der Waals surface area contributed by atoms with Crippen molar-refractivity contribution in [3.63, 3.8) is 0 Å². The van der Waals surface area contributed by atoms with Gasteiger partial charge in [-0.2, -0.15) is 0 Å². The smallest absolute Gasteiger partial charge is 0.253 e. The van der Waals surface area contributed by atoms with Crippen molar-refractivity contribution in [2.24, 2.45) is 5.92 Å². The number of hydrogen-bond acceptors (Lipinski definition) is 3. The maximum Gasteiger partial charge on any atom is 0.253 e. The van der Waals surface area contributed by atoms with Crippen molar-refractivity contribution in [3.8, 4) is 0 Å². The van der Waals surface area contributed by atoms with Crippen molar-refractivity contribution in [3.05, 3.63) is 35.4 Å². The van der Waals surface area contributed by atoms with Crippen LogP contribution in [0.15, 0.2) is 24.3 Å². The van der Waals surface area contributed by atoms with Gasteiger partial charge in [-0.3, -0.25) is 9.59 Å². The Kier molecular flexibility index (Phi) is 6.20. The van der Waals surface area contributed by atoms with Gasteiger partial charge in [-0.1, -0.05) is 32.9 Å². The molecule has 148 valence electrons. The molecule has 2 saturated heterocycles. The Bertz CT molecular complexity index is 649. The first-order valence-electron chi connectivity index (χ1n) is 10.1. The van der Waals surface area contributed by atoms with Gasteiger partial charge in [0.25, 0.3) is 5.91 Å². The fourth-order valence-corrected chi connectivity index (χ4v) is 3.80. The third kappa shape index (κ3) is 5.10. The Labute approximate surface area is 162 Å². The highest BCUT2D eigenvalue weighted by atomic mass is 16.5. The average Bonchev–Trinajstić information content (AvgIpc) is 3.19. The lowest BCUT2D eigenvalue weighted by atomic mass is 9.86. The molecule has 2 aliphatic rings. The minimum Gasteiger partial charge on any atom is -0.376 e. The Morgan fingerprint density at radius 3 is 2.33 bits per heavy atom. The highest BCUT2D eigenvalue weighted by Gasteiger charge is 2.28. The molecule has 1 atom stereocenters. The topological polar surface area (TPSA) is 58.6 Å². The molecule has 1 aromatic carbocycles. The molecule has 5 nitrogen and oxygen atoms in total. The van der Waals surface area contributed by atoms with Crippen LogP contribution in [0, 0.1) is 5.92 Å². The molecule has 2 aliphatic heterocycles. The molecule has 27 heavy (non-hydrogen) atoms. The normalized spacial score (nSPS) is 21.3. The number of amides is 2. The molecule has 0 bridgehead atoms. The standard InChI is InChI=1S/C22H32N2O3/c1-22(2,3)18-8-6-17(7-9-18)21(26)24-12-10-16(11-13-24)20(25)23-15-19-5-4-14-27-19/h6-9,16,19H,4-5,10-15H2,1-3H3,(H,23,25). The van der Waals surface area contributed by atoms with Gasteiger partial charge in [-0.05, 0) is 48.8 Å². The Morgan fingerprint density at radius 2 is 1.78 bits per heavy atom. The summed E-state index contributed by atoms with van der Waals surface area (Å²) < 4.78 is 5.55. The fourth-order valence-electron chi connectivity index (χ4n) is 3.80. The monoisotopic (exact) mass is 372 g/mol. The molecule has 1 N–H and O–H groups in total. The summed E-state index contributed by atoms with van der Waals surface area (Å²) in [5.74, 6) is 0.166. The molecular formula is C22H32N2O3. The van der Waals surface area contributed by atoms with E-state index in [1.54, 1.807) is 0 Å². The average molecular weight is 373 g/mol. The number of piperidine rings is 1. The molecule has 3 rings (SSSR count). The summed E-state index contributed by atoms with van der Waals surface area (Å²) in [5.41, 5.74) is 2.03. The molecule has 2 heterocycles. The summed E-state index contributed by atoms with van der Waals surface area (Å²) in [4.78, 5) is 27.0. The number of benzene rings is 1. The molecule has 5 heteroatoms. The molecule has 2 amide bonds. The van der Waals surface area contributed by atoms with Crippen molar-refractivity contribution < 1.29 is 14.3 Å². The summed E-state index contributed by atoms with van der Waals surface area (Å²) >= 11 is 0. The summed E-state index contributed by atoms with van der Waals surface area (Å²) in [6.45, 7) is 9.18. The number of hydrogen-bond donors (Lipinski definition) is 1. The lowest BCUT2D eigenvalue weighted by Gasteiger charge is -2.31. The maximum absolute atomic E-state index is 12.7. The van der Waals surface area contributed by atoms with Gasteiger partial charge in [-0.15, -0.1) is 0 Å². The summed E-state index contributed by atoms with van der Waals surface area (Å²) in [5, 5.41) is 3.02. The van der Waals surface area contributed by atoms with Gasteiger partial charge in [0.2, 0.25) is 5.91 Å². The number of nitrogens with one attached hydrogen (secondary N) is 1. The second-order valence-electron chi connectivity index (χ2n) is 8.77. The summed E-state index contributed by atoms with van der Waals surface area (Å²) in [7, 11) is 0. The van der Waals surface area contributed by atoms with Crippen molar-refractivity contribution >= 4 is 11.8 Å². The largest absolute Gasteiger partial charge is 0.376 e. The minimum absolute atomic E-state index is 0.00119. The first-order chi connectivity index (χ1) is 12.8. The van der Waals surface area contributed by atoms with Crippen molar-refractivity contribution in [1.29, 1.82) is 0 Å². The second-order valence-corrected chi connectivity index (χ2v) is 8.77. The van der Waals surface area contributed by atoms with E-state index in [0.717, 1.165) is 37.9 Å². The maximum atomic E-state index is 12.7. The SMILES string of the molecule is CC(C)(C)c1ccc(C(=O)N2CCC(C(=O)NCC3CCCO3)CC2)cc1. The Morgan fingerprint density at radius 1 is 1.11 bits per heavy atom. The molecule has 0 saturated carbocycles. The molecule has 2 fully saturated rings. The van der Waals surface area contributed by atoms with E-state index in [1.807, 2.05) is 29.2 Å². The Balaban J connectivity index is 1.48. The Hall–Kier alpha value is -1.88. The zero-order valence-corrected chi connectivity index (χ0v) is 16.8. The van der Waals surface area contributed by atoms with Gasteiger partial charge in [0, 0.05) is 37.7 Å². The number of likely N-dealkylation sites (tertiary alicyclic amines) is 1. The van der Waals surface area contributed by atoms with Crippen LogP contribution >= 0.6 is 0 Å². The van der Waals surface area contributed by atoms with Gasteiger partial charge in [0.05, 0.1) is 6.10 Å². The highest BCUT2D eigenvalue weighted by molar-refractivity contribution is 5.94. The molecule has 0 radical (unpaired) electrons. The summed E-state index contributed by atoms with van der Waals surface area (Å²) in [6, 6.07) is 7.92. The zero-order valence-electron chi connectivity index (χ0n) is 16.8. The van der Waals surface area contributed by atoms with Crippen molar-refractivity contribution in [2.75, 3.05) is 26.2 Å². The first kappa shape index (κ1) is 19.9. The van der Waals surface area contributed by atoms with Crippen LogP contribution in [0.25, 0.3) is 0 Å². The predicted molar refractivity (Wildman–Crippen MR) is 106 cm³/mol. The molecular weight excluding hydrogens is 340 g/mol. The van der Waals surface area contributed by atoms with Crippen molar-refractivity contribution in [1.82, 2.24) is 10.2 Å². The molecule has 0 aromatic heterocycles. The molecule has 1 aromatic rings. The number of carbonyl (C=O) groups is 2. The second kappa shape index (κ2) is 8.42. The van der Waals surface area contributed by atoms with Gasteiger partial charge in [0.1, 0.15) is 0 Å². The molecule has 0 spiro atoms. The third-order valence-electron chi connectivity index (χ3n) is 5.68. The van der Waals surface area contributed by atoms with Crippen LogP contribution < -0.4 is 5.32 Å². The van der Waals surface area contributed by atoms with Crippen LogP contribution in [-0.4, -0.2) is 49.1 Å². The van der Waals surface area contributed by atoms with E-state index in [9.17, 15) is 9.59 Å². The number of rotatable bonds is 4. The summed E-state index contributed by atoms with van der Waals surface area (Å²) in [6.07, 6.45) is 3.73. The quantitative estimate of drug-likeness (QED) is 0.883. The number of ether oxygens (including phenoxy) is 1. The van der Waals surface area contributed by atoms with Crippen LogP contribution in [-0.2, 0) is 14.9 Å². The van der Waals surface area contributed by atoms with E-state index in [-0.39, 0.29) is 29.3 Å².